The molecule has 1 unspecified atom stereocenters. The maximum Gasteiger partial charge on any atom is 0.256 e. The third kappa shape index (κ3) is 5.09. The highest BCUT2D eigenvalue weighted by atomic mass is 19.1. The molecule has 2 aromatic carbocycles. The summed E-state index contributed by atoms with van der Waals surface area (Å²) >= 11 is 0. The lowest BCUT2D eigenvalue weighted by molar-refractivity contribution is -0.128. The lowest BCUT2D eigenvalue weighted by Crippen LogP contribution is -2.60. The summed E-state index contributed by atoms with van der Waals surface area (Å²) in [6.45, 7) is 4.55. The summed E-state index contributed by atoms with van der Waals surface area (Å²) in [5, 5.41) is 2.84. The highest BCUT2D eigenvalue weighted by Gasteiger charge is 2.54. The molecular formula is C26H28F3N3O4. The number of nitrogens with one attached hydrogen (secondary N) is 1. The molecule has 2 aliphatic rings. The van der Waals surface area contributed by atoms with Gasteiger partial charge in [-0.2, -0.15) is 0 Å². The third-order valence-electron chi connectivity index (χ3n) is 6.55. The van der Waals surface area contributed by atoms with Crippen LogP contribution in [0.15, 0.2) is 42.5 Å². The van der Waals surface area contributed by atoms with Crippen LogP contribution in [0.2, 0.25) is 0 Å². The van der Waals surface area contributed by atoms with Crippen LogP contribution in [0.4, 0.5) is 13.2 Å². The van der Waals surface area contributed by atoms with Crippen molar-refractivity contribution >= 4 is 17.7 Å². The van der Waals surface area contributed by atoms with Crippen LogP contribution in [0.25, 0.3) is 0 Å². The van der Waals surface area contributed by atoms with Crippen LogP contribution in [-0.2, 0) is 9.53 Å². The van der Waals surface area contributed by atoms with Crippen LogP contribution in [-0.4, -0.2) is 65.5 Å². The Balaban J connectivity index is 1.57. The lowest BCUT2D eigenvalue weighted by atomic mass is 9.96. The molecule has 2 heterocycles. The molecular weight excluding hydrogens is 475 g/mol. The Bertz CT molecular complexity index is 1150. The van der Waals surface area contributed by atoms with Gasteiger partial charge in [-0.25, -0.2) is 13.2 Å². The van der Waals surface area contributed by atoms with Crippen molar-refractivity contribution in [2.24, 2.45) is 5.92 Å². The highest BCUT2D eigenvalue weighted by Crippen LogP contribution is 2.39. The number of hydrogen-bond acceptors (Lipinski definition) is 4. The van der Waals surface area contributed by atoms with Gasteiger partial charge in [0, 0.05) is 44.1 Å². The van der Waals surface area contributed by atoms with Crippen molar-refractivity contribution in [1.82, 2.24) is 15.1 Å². The molecule has 2 saturated heterocycles. The van der Waals surface area contributed by atoms with Crippen LogP contribution in [0, 0.1) is 23.4 Å². The summed E-state index contributed by atoms with van der Waals surface area (Å²) in [5.74, 6) is -3.46. The standard InChI is InChI=1S/C26H28F3N3O4/c1-16(2)14-30-23(33)22-15-36-26(32(22)24(34)17-3-5-18(27)6-4-17)9-11-31(12-10-26)25(35)20-8-7-19(28)13-21(20)29/h3-8,13,16,22H,9-12,14-15H2,1-2H3,(H,30,33). The van der Waals surface area contributed by atoms with Gasteiger partial charge in [0.25, 0.3) is 11.8 Å². The lowest BCUT2D eigenvalue weighted by Gasteiger charge is -2.44. The number of halogens is 3. The minimum Gasteiger partial charge on any atom is -0.354 e. The van der Waals surface area contributed by atoms with Crippen LogP contribution < -0.4 is 5.32 Å². The van der Waals surface area contributed by atoms with E-state index in [9.17, 15) is 27.6 Å². The summed E-state index contributed by atoms with van der Waals surface area (Å²) in [4.78, 5) is 42.3. The summed E-state index contributed by atoms with van der Waals surface area (Å²) in [6, 6.07) is 6.91. The number of nitrogens with zero attached hydrogens (tertiary/aromatic N) is 2. The Labute approximate surface area is 207 Å². The Morgan fingerprint density at radius 2 is 1.64 bits per heavy atom. The van der Waals surface area contributed by atoms with Gasteiger partial charge in [0.15, 0.2) is 0 Å². The van der Waals surface area contributed by atoms with Gasteiger partial charge in [0.05, 0.1) is 12.2 Å². The number of carbonyl (C=O) groups excluding carboxylic acids is 3. The number of carbonyl (C=O) groups is 3. The minimum atomic E-state index is -1.16. The molecule has 4 rings (SSSR count). The van der Waals surface area contributed by atoms with E-state index < -0.39 is 41.0 Å². The van der Waals surface area contributed by atoms with E-state index in [4.69, 9.17) is 4.74 Å². The number of ether oxygens (including phenoxy) is 1. The fourth-order valence-electron chi connectivity index (χ4n) is 4.61. The normalized spacial score (nSPS) is 19.1. The number of likely N-dealkylation sites (tertiary alicyclic amines) is 1. The predicted octanol–water partition coefficient (Wildman–Crippen LogP) is 3.35. The van der Waals surface area contributed by atoms with Crippen LogP contribution in [0.3, 0.4) is 0 Å². The number of benzene rings is 2. The fraction of sp³-hybridized carbons (Fsp3) is 0.423. The second-order valence-electron chi connectivity index (χ2n) is 9.51. The molecule has 36 heavy (non-hydrogen) atoms. The van der Waals surface area contributed by atoms with Crippen LogP contribution in [0.1, 0.15) is 47.4 Å². The molecule has 10 heteroatoms. The molecule has 0 aliphatic carbocycles. The average molecular weight is 504 g/mol. The van der Waals surface area contributed by atoms with E-state index in [0.29, 0.717) is 12.6 Å². The van der Waals surface area contributed by atoms with Crippen molar-refractivity contribution in [1.29, 1.82) is 0 Å². The third-order valence-corrected chi connectivity index (χ3v) is 6.55. The Hall–Kier alpha value is -3.40. The van der Waals surface area contributed by atoms with Crippen molar-refractivity contribution in [2.45, 2.75) is 38.5 Å². The first kappa shape index (κ1) is 25.7. The van der Waals surface area contributed by atoms with Gasteiger partial charge in [-0.15, -0.1) is 0 Å². The van der Waals surface area contributed by atoms with Crippen molar-refractivity contribution in [2.75, 3.05) is 26.2 Å². The van der Waals surface area contributed by atoms with Crippen LogP contribution in [0.5, 0.6) is 0 Å². The molecule has 0 radical (unpaired) electrons. The van der Waals surface area contributed by atoms with Gasteiger partial charge in [-0.05, 0) is 42.3 Å². The van der Waals surface area contributed by atoms with Crippen molar-refractivity contribution in [3.05, 3.63) is 71.0 Å². The molecule has 0 saturated carbocycles. The average Bonchev–Trinajstić information content (AvgIpc) is 3.21. The largest absolute Gasteiger partial charge is 0.354 e. The number of rotatable bonds is 5. The summed E-state index contributed by atoms with van der Waals surface area (Å²) in [5.41, 5.74) is -1.21. The van der Waals surface area contributed by atoms with E-state index in [1.807, 2.05) is 13.8 Å². The Kier molecular flexibility index (Phi) is 7.35. The number of piperidine rings is 1. The SMILES string of the molecule is CC(C)CNC(=O)C1COC2(CCN(C(=O)c3ccc(F)cc3F)CC2)N1C(=O)c1ccc(F)cc1. The highest BCUT2D eigenvalue weighted by molar-refractivity contribution is 5.98. The van der Waals surface area contributed by atoms with Crippen molar-refractivity contribution in [3.63, 3.8) is 0 Å². The first-order valence-corrected chi connectivity index (χ1v) is 11.9. The Morgan fingerprint density at radius 1 is 1.00 bits per heavy atom. The number of amides is 3. The van der Waals surface area contributed by atoms with Crippen LogP contribution >= 0.6 is 0 Å². The van der Waals surface area contributed by atoms with Gasteiger partial charge in [-0.3, -0.25) is 19.3 Å². The summed E-state index contributed by atoms with van der Waals surface area (Å²) < 4.78 is 47.0. The molecule has 2 fully saturated rings. The topological polar surface area (TPSA) is 79.0 Å². The second-order valence-corrected chi connectivity index (χ2v) is 9.51. The molecule has 2 aliphatic heterocycles. The van der Waals surface area contributed by atoms with E-state index in [1.54, 1.807) is 0 Å². The second kappa shape index (κ2) is 10.3. The molecule has 1 N–H and O–H groups in total. The molecule has 3 amide bonds. The zero-order valence-electron chi connectivity index (χ0n) is 20.1. The summed E-state index contributed by atoms with van der Waals surface area (Å²) in [7, 11) is 0. The predicted molar refractivity (Wildman–Crippen MR) is 124 cm³/mol. The molecule has 0 aromatic heterocycles. The molecule has 0 bridgehead atoms. The van der Waals surface area contributed by atoms with E-state index in [0.717, 1.165) is 12.1 Å². The zero-order valence-corrected chi connectivity index (χ0v) is 20.1. The number of hydrogen-bond donors (Lipinski definition) is 1. The Morgan fingerprint density at radius 3 is 2.25 bits per heavy atom. The van der Waals surface area contributed by atoms with Gasteiger partial charge in [0.2, 0.25) is 5.91 Å². The molecule has 192 valence electrons. The summed E-state index contributed by atoms with van der Waals surface area (Å²) in [6.07, 6.45) is 0.366. The van der Waals surface area contributed by atoms with E-state index in [2.05, 4.69) is 5.32 Å². The van der Waals surface area contributed by atoms with Gasteiger partial charge >= 0.3 is 0 Å². The minimum absolute atomic E-state index is 0.0304. The van der Waals surface area contributed by atoms with Crippen molar-refractivity contribution in [3.8, 4) is 0 Å². The van der Waals surface area contributed by atoms with Gasteiger partial charge in [0.1, 0.15) is 29.2 Å². The molecule has 1 spiro atoms. The maximum absolute atomic E-state index is 14.2. The first-order valence-electron chi connectivity index (χ1n) is 11.9. The maximum atomic E-state index is 14.2. The molecule has 2 aromatic rings. The molecule has 7 nitrogen and oxygen atoms in total. The van der Waals surface area contributed by atoms with E-state index in [1.165, 1.54) is 34.1 Å². The monoisotopic (exact) mass is 503 g/mol. The first-order chi connectivity index (χ1) is 17.1. The molecule has 1 atom stereocenters. The fourth-order valence-corrected chi connectivity index (χ4v) is 4.61. The smallest absolute Gasteiger partial charge is 0.256 e. The van der Waals surface area contributed by atoms with E-state index in [-0.39, 0.29) is 55.5 Å². The zero-order chi connectivity index (χ0) is 26.0. The van der Waals surface area contributed by atoms with Gasteiger partial charge in [-0.1, -0.05) is 13.8 Å². The quantitative estimate of drug-likeness (QED) is 0.679. The van der Waals surface area contributed by atoms with Gasteiger partial charge < -0.3 is 15.0 Å². The van der Waals surface area contributed by atoms with Crippen molar-refractivity contribution < 1.29 is 32.3 Å². The van der Waals surface area contributed by atoms with E-state index >= 15 is 0 Å².